The molecule has 4 nitrogen and oxygen atoms in total. The average molecular weight is 366 g/mol. The molecule has 4 aromatic rings. The highest BCUT2D eigenvalue weighted by atomic mass is 79.9. The smallest absolute Gasteiger partial charge is 0.261 e. The van der Waals surface area contributed by atoms with Crippen LogP contribution in [-0.2, 0) is 13.0 Å². The molecule has 2 aromatic heterocycles. The number of fused-ring (bicyclic) bond motifs is 6. The molecule has 23 heavy (non-hydrogen) atoms. The lowest BCUT2D eigenvalue weighted by Gasteiger charge is -2.18. The molecule has 1 N–H and O–H groups in total. The Hall–Kier alpha value is -2.40. The summed E-state index contributed by atoms with van der Waals surface area (Å²) in [4.78, 5) is 21.0. The first kappa shape index (κ1) is 13.1. The Morgan fingerprint density at radius 1 is 1.13 bits per heavy atom. The zero-order chi connectivity index (χ0) is 15.6. The summed E-state index contributed by atoms with van der Waals surface area (Å²) in [6.45, 7) is 0.669. The minimum absolute atomic E-state index is 0.0295. The van der Waals surface area contributed by atoms with Gasteiger partial charge in [-0.15, -0.1) is 0 Å². The van der Waals surface area contributed by atoms with Crippen LogP contribution >= 0.6 is 15.9 Å². The number of aryl methyl sites for hydroxylation is 1. The molecular weight excluding hydrogens is 354 g/mol. The molecule has 112 valence electrons. The van der Waals surface area contributed by atoms with Crippen LogP contribution in [0.3, 0.4) is 0 Å². The molecule has 5 rings (SSSR count). The van der Waals surface area contributed by atoms with Gasteiger partial charge < -0.3 is 4.98 Å². The predicted molar refractivity (Wildman–Crippen MR) is 94.7 cm³/mol. The van der Waals surface area contributed by atoms with Crippen LogP contribution in [0, 0.1) is 0 Å². The largest absolute Gasteiger partial charge is 0.352 e. The Morgan fingerprint density at radius 3 is 2.91 bits per heavy atom. The van der Waals surface area contributed by atoms with E-state index in [1.165, 1.54) is 10.9 Å². The number of hydrogen-bond acceptors (Lipinski definition) is 2. The SMILES string of the molecule is O=c1c2ccc(Br)cc2nc2n1CCc1c-2[nH]c2ccccc12. The highest BCUT2D eigenvalue weighted by Gasteiger charge is 2.23. The predicted octanol–water partition coefficient (Wildman–Crippen LogP) is 3.86. The summed E-state index contributed by atoms with van der Waals surface area (Å²) in [7, 11) is 0. The number of rotatable bonds is 0. The fraction of sp³-hybridized carbons (Fsp3) is 0.111. The van der Waals surface area contributed by atoms with E-state index < -0.39 is 0 Å². The molecular formula is C18H12BrN3O. The first-order chi connectivity index (χ1) is 11.2. The second-order valence-corrected chi connectivity index (χ2v) is 6.74. The molecule has 0 saturated heterocycles. The van der Waals surface area contributed by atoms with Gasteiger partial charge in [-0.2, -0.15) is 0 Å². The highest BCUT2D eigenvalue weighted by molar-refractivity contribution is 9.10. The fourth-order valence-corrected chi connectivity index (χ4v) is 3.82. The maximum atomic E-state index is 12.8. The summed E-state index contributed by atoms with van der Waals surface area (Å²) in [6.07, 6.45) is 0.843. The Balaban J connectivity index is 1.91. The van der Waals surface area contributed by atoms with Gasteiger partial charge in [-0.05, 0) is 36.2 Å². The van der Waals surface area contributed by atoms with Gasteiger partial charge in [0.25, 0.3) is 5.56 Å². The van der Waals surface area contributed by atoms with Crippen molar-refractivity contribution in [2.75, 3.05) is 0 Å². The molecule has 3 heterocycles. The summed E-state index contributed by atoms with van der Waals surface area (Å²) in [6, 6.07) is 13.9. The monoisotopic (exact) mass is 365 g/mol. The minimum atomic E-state index is 0.0295. The number of nitrogens with one attached hydrogen (secondary N) is 1. The van der Waals surface area contributed by atoms with Crippen molar-refractivity contribution in [3.8, 4) is 11.5 Å². The van der Waals surface area contributed by atoms with Gasteiger partial charge in [0, 0.05) is 21.9 Å². The van der Waals surface area contributed by atoms with Crippen LogP contribution in [0.1, 0.15) is 5.56 Å². The van der Waals surface area contributed by atoms with E-state index in [-0.39, 0.29) is 5.56 Å². The summed E-state index contributed by atoms with van der Waals surface area (Å²) < 4.78 is 2.71. The van der Waals surface area contributed by atoms with E-state index in [2.05, 4.69) is 33.0 Å². The van der Waals surface area contributed by atoms with Crippen molar-refractivity contribution in [3.63, 3.8) is 0 Å². The number of halogens is 1. The molecule has 0 aliphatic carbocycles. The fourth-order valence-electron chi connectivity index (χ4n) is 3.47. The van der Waals surface area contributed by atoms with Gasteiger partial charge in [0.2, 0.25) is 0 Å². The van der Waals surface area contributed by atoms with Gasteiger partial charge in [-0.25, -0.2) is 4.98 Å². The lowest BCUT2D eigenvalue weighted by Crippen LogP contribution is -2.27. The number of aromatic nitrogens is 3. The molecule has 0 unspecified atom stereocenters. The quantitative estimate of drug-likeness (QED) is 0.514. The number of aromatic amines is 1. The topological polar surface area (TPSA) is 50.7 Å². The van der Waals surface area contributed by atoms with E-state index in [9.17, 15) is 4.79 Å². The van der Waals surface area contributed by atoms with E-state index in [1.54, 1.807) is 4.57 Å². The van der Waals surface area contributed by atoms with Crippen LogP contribution in [0.2, 0.25) is 0 Å². The Bertz CT molecular complexity index is 1160. The molecule has 0 bridgehead atoms. The third kappa shape index (κ3) is 1.77. The van der Waals surface area contributed by atoms with Gasteiger partial charge in [-0.1, -0.05) is 34.1 Å². The van der Waals surface area contributed by atoms with Crippen molar-refractivity contribution in [1.82, 2.24) is 14.5 Å². The van der Waals surface area contributed by atoms with Crippen LogP contribution in [0.5, 0.6) is 0 Å². The first-order valence-corrected chi connectivity index (χ1v) is 8.32. The second kappa shape index (κ2) is 4.55. The molecule has 2 aromatic carbocycles. The Labute approximate surface area is 139 Å². The lowest BCUT2D eigenvalue weighted by atomic mass is 10.0. The van der Waals surface area contributed by atoms with Crippen molar-refractivity contribution in [2.45, 2.75) is 13.0 Å². The Kier molecular flexibility index (Phi) is 2.59. The zero-order valence-electron chi connectivity index (χ0n) is 12.1. The molecule has 0 radical (unpaired) electrons. The Morgan fingerprint density at radius 2 is 2.00 bits per heavy atom. The molecule has 0 spiro atoms. The number of nitrogens with zero attached hydrogens (tertiary/aromatic N) is 2. The van der Waals surface area contributed by atoms with E-state index in [0.717, 1.165) is 33.4 Å². The highest BCUT2D eigenvalue weighted by Crippen LogP contribution is 2.33. The third-order valence-electron chi connectivity index (χ3n) is 4.54. The third-order valence-corrected chi connectivity index (χ3v) is 5.03. The van der Waals surface area contributed by atoms with Crippen molar-refractivity contribution in [3.05, 3.63) is 62.9 Å². The number of para-hydroxylation sites is 1. The maximum Gasteiger partial charge on any atom is 0.261 e. The van der Waals surface area contributed by atoms with Crippen molar-refractivity contribution < 1.29 is 0 Å². The number of benzene rings is 2. The molecule has 0 saturated carbocycles. The van der Waals surface area contributed by atoms with E-state index in [4.69, 9.17) is 4.98 Å². The summed E-state index contributed by atoms with van der Waals surface area (Å²) >= 11 is 3.46. The van der Waals surface area contributed by atoms with Gasteiger partial charge in [0.1, 0.15) is 0 Å². The van der Waals surface area contributed by atoms with Crippen LogP contribution in [-0.4, -0.2) is 14.5 Å². The number of hydrogen-bond donors (Lipinski definition) is 1. The van der Waals surface area contributed by atoms with Crippen molar-refractivity contribution in [2.24, 2.45) is 0 Å². The average Bonchev–Trinajstić information content (AvgIpc) is 2.94. The van der Waals surface area contributed by atoms with Crippen LogP contribution < -0.4 is 5.56 Å². The maximum absolute atomic E-state index is 12.8. The van der Waals surface area contributed by atoms with Gasteiger partial charge in [0.15, 0.2) is 5.82 Å². The normalized spacial score (nSPS) is 13.3. The standard InChI is InChI=1S/C18H12BrN3O/c19-10-5-6-13-15(9-10)21-17-16-12(7-8-22(17)18(13)23)11-3-1-2-4-14(11)20-16/h1-6,9,20H,7-8H2. The summed E-state index contributed by atoms with van der Waals surface area (Å²) in [5.74, 6) is 0.734. The molecule has 1 aliphatic heterocycles. The second-order valence-electron chi connectivity index (χ2n) is 5.83. The zero-order valence-corrected chi connectivity index (χ0v) is 13.7. The van der Waals surface area contributed by atoms with E-state index in [0.29, 0.717) is 11.9 Å². The first-order valence-electron chi connectivity index (χ1n) is 7.52. The molecule has 1 aliphatic rings. The summed E-state index contributed by atoms with van der Waals surface area (Å²) in [5, 5.41) is 1.88. The van der Waals surface area contributed by atoms with Crippen molar-refractivity contribution in [1.29, 1.82) is 0 Å². The van der Waals surface area contributed by atoms with E-state index in [1.807, 2.05) is 30.3 Å². The minimum Gasteiger partial charge on any atom is -0.352 e. The molecule has 0 amide bonds. The number of H-pyrrole nitrogens is 1. The van der Waals surface area contributed by atoms with Gasteiger partial charge in [-0.3, -0.25) is 9.36 Å². The van der Waals surface area contributed by atoms with Crippen LogP contribution in [0.4, 0.5) is 0 Å². The van der Waals surface area contributed by atoms with Gasteiger partial charge in [0.05, 0.1) is 16.6 Å². The van der Waals surface area contributed by atoms with Crippen LogP contribution in [0.25, 0.3) is 33.3 Å². The lowest BCUT2D eigenvalue weighted by molar-refractivity contribution is 0.653. The molecule has 0 fully saturated rings. The molecule has 0 atom stereocenters. The molecule has 5 heteroatoms. The van der Waals surface area contributed by atoms with Crippen molar-refractivity contribution >= 4 is 37.7 Å². The van der Waals surface area contributed by atoms with Crippen LogP contribution in [0.15, 0.2) is 51.7 Å². The van der Waals surface area contributed by atoms with E-state index >= 15 is 0 Å². The van der Waals surface area contributed by atoms with Gasteiger partial charge >= 0.3 is 0 Å². The summed E-state index contributed by atoms with van der Waals surface area (Å²) in [5.41, 5.74) is 4.07.